The molecule has 2 nitrogen and oxygen atoms in total. The molecule has 360 valence electrons. The molecule has 10 aromatic carbocycles. The number of hydrogen-bond acceptors (Lipinski definition) is 1. The summed E-state index contributed by atoms with van der Waals surface area (Å²) in [5.41, 5.74) is 12.8. The van der Waals surface area contributed by atoms with Gasteiger partial charge in [-0.2, -0.15) is 0 Å². The summed E-state index contributed by atoms with van der Waals surface area (Å²) >= 11 is 0. The zero-order chi connectivity index (χ0) is 50.0. The maximum Gasteiger partial charge on any atom is 0.226 e. The molecule has 74 heavy (non-hydrogen) atoms. The molecular weight excluding hydrogens is 933 g/mol. The Balaban J connectivity index is 0.966. The Kier molecular flexibility index (Phi) is 13.6. The van der Waals surface area contributed by atoms with Gasteiger partial charge in [-0.25, -0.2) is 0 Å². The minimum atomic E-state index is -0.958. The lowest BCUT2D eigenvalue weighted by atomic mass is 9.79. The Hall–Kier alpha value is -7.47. The second-order valence-corrected chi connectivity index (χ2v) is 24.2. The molecule has 10 aromatic rings. The van der Waals surface area contributed by atoms with Crippen LogP contribution in [0.3, 0.4) is 0 Å². The molecule has 1 amide bonds. The van der Waals surface area contributed by atoms with Gasteiger partial charge in [-0.1, -0.05) is 250 Å². The number of fused-ring (bicyclic) bond motifs is 4. The predicted molar refractivity (Wildman–Crippen MR) is 317 cm³/mol. The number of carbonyl (C=O) groups is 1. The summed E-state index contributed by atoms with van der Waals surface area (Å²) in [5, 5.41) is 13.1. The van der Waals surface area contributed by atoms with Crippen molar-refractivity contribution in [2.24, 2.45) is 5.92 Å². The first-order valence-corrected chi connectivity index (χ1v) is 28.9. The highest BCUT2D eigenvalue weighted by Gasteiger charge is 2.35. The van der Waals surface area contributed by atoms with Gasteiger partial charge in [0.1, 0.15) is 0 Å². The van der Waals surface area contributed by atoms with Crippen molar-refractivity contribution in [1.29, 1.82) is 0 Å². The SMILES string of the molecule is CC1Cc2ccccc2C(c2c(CCCC(=O)N(C)C3=C(c4c(P(c5ccccc5)c5ccccc5)ccc5ccccc45)c4ccccc4CC3)ccc3ccccc23)=C1P(c1ccccc1)c1ccccc1. The van der Waals surface area contributed by atoms with E-state index in [1.807, 2.05) is 11.9 Å². The molecule has 4 heteroatoms. The molecule has 0 aliphatic heterocycles. The second kappa shape index (κ2) is 21.2. The first kappa shape index (κ1) is 47.5. The van der Waals surface area contributed by atoms with Gasteiger partial charge in [0.05, 0.1) is 0 Å². The van der Waals surface area contributed by atoms with E-state index in [0.717, 1.165) is 37.8 Å². The van der Waals surface area contributed by atoms with Gasteiger partial charge in [0.15, 0.2) is 0 Å². The van der Waals surface area contributed by atoms with Gasteiger partial charge >= 0.3 is 0 Å². The monoisotopic (exact) mass is 991 g/mol. The van der Waals surface area contributed by atoms with E-state index in [1.165, 1.54) is 103 Å². The van der Waals surface area contributed by atoms with Crippen molar-refractivity contribution >= 4 is 81.0 Å². The molecule has 0 saturated carbocycles. The van der Waals surface area contributed by atoms with Gasteiger partial charge in [-0.3, -0.25) is 4.79 Å². The maximum absolute atomic E-state index is 15.2. The summed E-state index contributed by atoms with van der Waals surface area (Å²) in [6.07, 6.45) is 4.60. The number of carbonyl (C=O) groups excluding carboxylic acids is 1. The molecule has 1 atom stereocenters. The normalized spacial score (nSPS) is 14.4. The Labute approximate surface area is 439 Å². The van der Waals surface area contributed by atoms with Crippen molar-refractivity contribution in [2.75, 3.05) is 7.05 Å². The summed E-state index contributed by atoms with van der Waals surface area (Å²) < 4.78 is 0. The Bertz CT molecular complexity index is 3650. The van der Waals surface area contributed by atoms with E-state index in [4.69, 9.17) is 0 Å². The fraction of sp³-hybridized carbons (Fsp3) is 0.129. The van der Waals surface area contributed by atoms with Crippen molar-refractivity contribution in [3.05, 3.63) is 293 Å². The van der Waals surface area contributed by atoms with E-state index in [0.29, 0.717) is 12.3 Å². The van der Waals surface area contributed by atoms with E-state index >= 15 is 4.79 Å². The van der Waals surface area contributed by atoms with Gasteiger partial charge in [-0.15, -0.1) is 0 Å². The van der Waals surface area contributed by atoms with Crippen molar-refractivity contribution in [1.82, 2.24) is 4.90 Å². The number of allylic oxidation sites excluding steroid dienone is 2. The lowest BCUT2D eigenvalue weighted by molar-refractivity contribution is -0.128. The molecule has 0 N–H and O–H groups in total. The highest BCUT2D eigenvalue weighted by Crippen LogP contribution is 2.56. The van der Waals surface area contributed by atoms with Crippen LogP contribution < -0.4 is 26.5 Å². The maximum atomic E-state index is 15.2. The molecule has 0 heterocycles. The highest BCUT2D eigenvalue weighted by atomic mass is 31.1. The lowest BCUT2D eigenvalue weighted by Gasteiger charge is -2.35. The smallest absolute Gasteiger partial charge is 0.226 e. The van der Waals surface area contributed by atoms with Crippen molar-refractivity contribution in [3.8, 4) is 0 Å². The first-order valence-electron chi connectivity index (χ1n) is 26.3. The van der Waals surface area contributed by atoms with Gasteiger partial charge in [-0.05, 0) is 146 Å². The van der Waals surface area contributed by atoms with Gasteiger partial charge < -0.3 is 4.90 Å². The molecular formula is C70H59NOP2. The fourth-order valence-corrected chi connectivity index (χ4v) is 17.2. The minimum Gasteiger partial charge on any atom is -0.319 e. The predicted octanol–water partition coefficient (Wildman–Crippen LogP) is 15.0. The third-order valence-electron chi connectivity index (χ3n) is 15.3. The lowest BCUT2D eigenvalue weighted by Crippen LogP contribution is -2.30. The number of hydrogen-bond donors (Lipinski definition) is 0. The first-order chi connectivity index (χ1) is 36.5. The van der Waals surface area contributed by atoms with Crippen LogP contribution in [-0.2, 0) is 24.1 Å². The summed E-state index contributed by atoms with van der Waals surface area (Å²) in [6.45, 7) is 2.45. The Morgan fingerprint density at radius 1 is 0.473 bits per heavy atom. The van der Waals surface area contributed by atoms with Crippen LogP contribution in [0.2, 0.25) is 0 Å². The quantitative estimate of drug-likeness (QED) is 0.105. The topological polar surface area (TPSA) is 20.3 Å². The molecule has 0 saturated heterocycles. The van der Waals surface area contributed by atoms with E-state index in [2.05, 4.69) is 250 Å². The summed E-state index contributed by atoms with van der Waals surface area (Å²) in [5.74, 6) is 0.471. The third kappa shape index (κ3) is 9.06. The molecule has 2 aliphatic rings. The van der Waals surface area contributed by atoms with Crippen molar-refractivity contribution in [3.63, 3.8) is 0 Å². The van der Waals surface area contributed by atoms with Gasteiger partial charge in [0.25, 0.3) is 0 Å². The molecule has 2 aliphatic carbocycles. The van der Waals surface area contributed by atoms with Crippen LogP contribution in [0.25, 0.3) is 32.7 Å². The van der Waals surface area contributed by atoms with Crippen LogP contribution in [0.15, 0.2) is 254 Å². The highest BCUT2D eigenvalue weighted by molar-refractivity contribution is 7.80. The van der Waals surface area contributed by atoms with Crippen molar-refractivity contribution in [2.45, 2.75) is 45.4 Å². The summed E-state index contributed by atoms with van der Waals surface area (Å²) in [4.78, 5) is 17.2. The van der Waals surface area contributed by atoms with E-state index in [1.54, 1.807) is 0 Å². The average Bonchev–Trinajstić information content (AvgIpc) is 3.46. The summed E-state index contributed by atoms with van der Waals surface area (Å²) in [6, 6.07) is 89.6. The molecule has 12 rings (SSSR count). The minimum absolute atomic E-state index is 0.155. The number of aryl methyl sites for hydroxylation is 2. The Morgan fingerprint density at radius 2 is 0.946 bits per heavy atom. The molecule has 0 fully saturated rings. The van der Waals surface area contributed by atoms with E-state index < -0.39 is 15.8 Å². The van der Waals surface area contributed by atoms with E-state index in [-0.39, 0.29) is 5.91 Å². The molecule has 0 spiro atoms. The fourth-order valence-electron chi connectivity index (χ4n) is 11.9. The molecule has 0 radical (unpaired) electrons. The van der Waals surface area contributed by atoms with Crippen LogP contribution in [0.5, 0.6) is 0 Å². The molecule has 1 unspecified atom stereocenters. The molecule has 0 bridgehead atoms. The summed E-state index contributed by atoms with van der Waals surface area (Å²) in [7, 11) is 0.210. The average molecular weight is 992 g/mol. The van der Waals surface area contributed by atoms with Crippen LogP contribution in [0, 0.1) is 5.92 Å². The largest absolute Gasteiger partial charge is 0.319 e. The number of amides is 1. The van der Waals surface area contributed by atoms with Gasteiger partial charge in [0, 0.05) is 30.3 Å². The van der Waals surface area contributed by atoms with E-state index in [9.17, 15) is 0 Å². The Morgan fingerprint density at radius 3 is 1.54 bits per heavy atom. The van der Waals surface area contributed by atoms with Crippen molar-refractivity contribution < 1.29 is 4.79 Å². The van der Waals surface area contributed by atoms with Crippen LogP contribution >= 0.6 is 15.8 Å². The zero-order valence-electron chi connectivity index (χ0n) is 42.2. The number of benzene rings is 10. The number of nitrogens with zero attached hydrogens (tertiary/aromatic N) is 1. The van der Waals surface area contributed by atoms with Crippen LogP contribution in [0.4, 0.5) is 0 Å². The van der Waals surface area contributed by atoms with Crippen LogP contribution in [0.1, 0.15) is 65.1 Å². The molecule has 0 aromatic heterocycles. The standard InChI is InChI=1S/C70H59NOP2/c1-49-48-54-27-18-22-40-62(54)69(70(49)74(57-33-11-5-12-34-57)58-35-13-6-14-36-58)66-53(43-42-50-24-15-19-37-59(50)66)28-23-41-65(72)71(2)63-46-44-51-25-16-20-38-60(51)67(63)68-61-39-21-17-26-52(61)45-47-64(68)73(55-29-7-3-8-30-55)56-31-9-4-10-32-56/h3-22,24-27,29-40,42-43,45,47,49H,23,28,41,44,46,48H2,1-2H3. The van der Waals surface area contributed by atoms with Crippen LogP contribution in [-0.4, -0.2) is 17.9 Å². The second-order valence-electron chi connectivity index (χ2n) is 19.8. The zero-order valence-corrected chi connectivity index (χ0v) is 44.0. The van der Waals surface area contributed by atoms with Gasteiger partial charge in [0.2, 0.25) is 5.91 Å². The number of rotatable bonds is 13. The third-order valence-corrected chi connectivity index (χ3v) is 20.6.